The molecule has 6 nitrogen and oxygen atoms in total. The van der Waals surface area contributed by atoms with Gasteiger partial charge in [-0.2, -0.15) is 5.10 Å². The van der Waals surface area contributed by atoms with E-state index in [0.29, 0.717) is 12.5 Å². The van der Waals surface area contributed by atoms with Crippen LogP contribution in [0.1, 0.15) is 57.2 Å². The van der Waals surface area contributed by atoms with Crippen molar-refractivity contribution in [1.82, 2.24) is 24.6 Å². The summed E-state index contributed by atoms with van der Waals surface area (Å²) in [5.41, 5.74) is 0.0721. The van der Waals surface area contributed by atoms with Gasteiger partial charge < -0.3 is 10.2 Å². The SMILES string of the molecule is CCn1c(C2CCCNC2)nn(CCN2CCCCCC2)c1=O.Cl.Cl. The molecule has 2 aliphatic heterocycles. The number of nitrogens with zero attached hydrogens (tertiary/aromatic N) is 4. The summed E-state index contributed by atoms with van der Waals surface area (Å²) in [4.78, 5) is 15.1. The molecule has 0 aromatic carbocycles. The summed E-state index contributed by atoms with van der Waals surface area (Å²) in [5.74, 6) is 1.37. The summed E-state index contributed by atoms with van der Waals surface area (Å²) < 4.78 is 3.58. The van der Waals surface area contributed by atoms with Crippen LogP contribution in [0, 0.1) is 0 Å². The van der Waals surface area contributed by atoms with Gasteiger partial charge in [-0.05, 0) is 52.2 Å². The maximum Gasteiger partial charge on any atom is 0.345 e. The van der Waals surface area contributed by atoms with Crippen molar-refractivity contribution in [3.05, 3.63) is 16.3 Å². The third-order valence-corrected chi connectivity index (χ3v) is 5.26. The second kappa shape index (κ2) is 11.2. The molecule has 1 N–H and O–H groups in total. The summed E-state index contributed by atoms with van der Waals surface area (Å²) in [6.07, 6.45) is 7.58. The molecule has 3 heterocycles. The van der Waals surface area contributed by atoms with Crippen LogP contribution in [-0.4, -0.2) is 52.0 Å². The molecule has 0 aliphatic carbocycles. The fourth-order valence-electron chi connectivity index (χ4n) is 3.87. The molecule has 146 valence electrons. The van der Waals surface area contributed by atoms with E-state index in [1.807, 2.05) is 11.5 Å². The summed E-state index contributed by atoms with van der Waals surface area (Å²) >= 11 is 0. The topological polar surface area (TPSA) is 55.1 Å². The third-order valence-electron chi connectivity index (χ3n) is 5.26. The molecular formula is C17H33Cl2N5O. The average Bonchev–Trinajstić information content (AvgIpc) is 2.76. The summed E-state index contributed by atoms with van der Waals surface area (Å²) in [6.45, 7) is 8.80. The molecule has 0 radical (unpaired) electrons. The molecule has 3 rings (SSSR count). The van der Waals surface area contributed by atoms with E-state index in [-0.39, 0.29) is 30.5 Å². The van der Waals surface area contributed by atoms with Crippen molar-refractivity contribution in [2.75, 3.05) is 32.7 Å². The maximum atomic E-state index is 12.6. The molecule has 25 heavy (non-hydrogen) atoms. The van der Waals surface area contributed by atoms with Gasteiger partial charge in [0.2, 0.25) is 0 Å². The van der Waals surface area contributed by atoms with Crippen LogP contribution in [0.2, 0.25) is 0 Å². The Kier molecular flexibility index (Phi) is 10.1. The van der Waals surface area contributed by atoms with E-state index in [2.05, 4.69) is 10.2 Å². The van der Waals surface area contributed by atoms with Crippen LogP contribution in [0.4, 0.5) is 0 Å². The van der Waals surface area contributed by atoms with Crippen LogP contribution in [0.5, 0.6) is 0 Å². The highest BCUT2D eigenvalue weighted by molar-refractivity contribution is 5.85. The average molecular weight is 394 g/mol. The Hall–Kier alpha value is -0.560. The van der Waals surface area contributed by atoms with E-state index in [9.17, 15) is 4.79 Å². The Morgan fingerprint density at radius 3 is 2.40 bits per heavy atom. The molecule has 2 aliphatic rings. The van der Waals surface area contributed by atoms with Crippen molar-refractivity contribution in [3.63, 3.8) is 0 Å². The molecule has 0 saturated carbocycles. The monoisotopic (exact) mass is 393 g/mol. The van der Waals surface area contributed by atoms with E-state index in [1.54, 1.807) is 4.68 Å². The van der Waals surface area contributed by atoms with Crippen molar-refractivity contribution >= 4 is 24.8 Å². The van der Waals surface area contributed by atoms with Gasteiger partial charge in [-0.3, -0.25) is 4.57 Å². The van der Waals surface area contributed by atoms with E-state index < -0.39 is 0 Å². The minimum Gasteiger partial charge on any atom is -0.316 e. The zero-order valence-corrected chi connectivity index (χ0v) is 16.9. The lowest BCUT2D eigenvalue weighted by atomic mass is 9.99. The van der Waals surface area contributed by atoms with Crippen molar-refractivity contribution < 1.29 is 0 Å². The Balaban J connectivity index is 0.00000156. The lowest BCUT2D eigenvalue weighted by molar-refractivity contribution is 0.266. The minimum atomic E-state index is 0. The smallest absolute Gasteiger partial charge is 0.316 e. The predicted octanol–water partition coefficient (Wildman–Crippen LogP) is 2.25. The van der Waals surface area contributed by atoms with E-state index in [0.717, 1.165) is 38.4 Å². The van der Waals surface area contributed by atoms with Gasteiger partial charge in [-0.1, -0.05) is 12.8 Å². The molecule has 0 bridgehead atoms. The summed E-state index contributed by atoms with van der Waals surface area (Å²) in [7, 11) is 0. The first kappa shape index (κ1) is 22.5. The summed E-state index contributed by atoms with van der Waals surface area (Å²) in [5, 5.41) is 8.14. The standard InChI is InChI=1S/C17H31N5O.2ClH/c1-2-21-16(15-8-7-9-18-14-15)19-22(17(21)23)13-12-20-10-5-3-4-6-11-20;;/h15,18H,2-14H2,1H3;2*1H. The maximum absolute atomic E-state index is 12.6. The summed E-state index contributed by atoms with van der Waals surface area (Å²) in [6, 6.07) is 0. The number of hydrogen-bond acceptors (Lipinski definition) is 4. The van der Waals surface area contributed by atoms with Crippen molar-refractivity contribution in [3.8, 4) is 0 Å². The Bertz CT molecular complexity index is 546. The molecule has 0 amide bonds. The third kappa shape index (κ3) is 5.71. The number of likely N-dealkylation sites (tertiary alicyclic amines) is 1. The van der Waals surface area contributed by atoms with Gasteiger partial charge in [0.05, 0.1) is 6.54 Å². The van der Waals surface area contributed by atoms with Crippen LogP contribution < -0.4 is 11.0 Å². The van der Waals surface area contributed by atoms with E-state index in [4.69, 9.17) is 5.10 Å². The van der Waals surface area contributed by atoms with Crippen LogP contribution >= 0.6 is 24.8 Å². The quantitative estimate of drug-likeness (QED) is 0.833. The minimum absolute atomic E-state index is 0. The number of nitrogens with one attached hydrogen (secondary N) is 1. The Morgan fingerprint density at radius 1 is 1.08 bits per heavy atom. The second-order valence-corrected chi connectivity index (χ2v) is 6.91. The Labute approximate surface area is 163 Å². The zero-order valence-electron chi connectivity index (χ0n) is 15.3. The normalized spacial score (nSPS) is 21.9. The van der Waals surface area contributed by atoms with E-state index in [1.165, 1.54) is 45.2 Å². The van der Waals surface area contributed by atoms with Crippen LogP contribution in [0.15, 0.2) is 4.79 Å². The highest BCUT2D eigenvalue weighted by atomic mass is 35.5. The van der Waals surface area contributed by atoms with E-state index >= 15 is 0 Å². The van der Waals surface area contributed by atoms with Crippen LogP contribution in [0.3, 0.4) is 0 Å². The van der Waals surface area contributed by atoms with Gasteiger partial charge in [-0.25, -0.2) is 9.48 Å². The molecule has 2 fully saturated rings. The molecule has 0 spiro atoms. The molecule has 1 aromatic rings. The van der Waals surface area contributed by atoms with Gasteiger partial charge in [0.15, 0.2) is 0 Å². The number of halogens is 2. The first-order valence-electron chi connectivity index (χ1n) is 9.40. The highest BCUT2D eigenvalue weighted by Crippen LogP contribution is 2.20. The number of rotatable bonds is 5. The molecule has 1 aromatic heterocycles. The van der Waals surface area contributed by atoms with Crippen LogP contribution in [0.25, 0.3) is 0 Å². The van der Waals surface area contributed by atoms with Gasteiger partial charge in [-0.15, -0.1) is 24.8 Å². The first-order valence-corrected chi connectivity index (χ1v) is 9.40. The van der Waals surface area contributed by atoms with Crippen molar-refractivity contribution in [1.29, 1.82) is 0 Å². The zero-order chi connectivity index (χ0) is 16.1. The molecular weight excluding hydrogens is 361 g/mol. The molecule has 1 unspecified atom stereocenters. The number of hydrogen-bond donors (Lipinski definition) is 1. The fraction of sp³-hybridized carbons (Fsp3) is 0.882. The van der Waals surface area contributed by atoms with Gasteiger partial charge in [0.25, 0.3) is 0 Å². The van der Waals surface area contributed by atoms with Gasteiger partial charge >= 0.3 is 5.69 Å². The van der Waals surface area contributed by atoms with Gasteiger partial charge in [0, 0.05) is 25.6 Å². The van der Waals surface area contributed by atoms with Gasteiger partial charge in [0.1, 0.15) is 5.82 Å². The van der Waals surface area contributed by atoms with Crippen LogP contribution in [-0.2, 0) is 13.1 Å². The molecule has 8 heteroatoms. The molecule has 2 saturated heterocycles. The lowest BCUT2D eigenvalue weighted by Gasteiger charge is -2.22. The second-order valence-electron chi connectivity index (χ2n) is 6.91. The highest BCUT2D eigenvalue weighted by Gasteiger charge is 2.23. The largest absolute Gasteiger partial charge is 0.345 e. The number of piperidine rings is 1. The fourth-order valence-corrected chi connectivity index (χ4v) is 3.87. The van der Waals surface area contributed by atoms with Crippen molar-refractivity contribution in [2.24, 2.45) is 0 Å². The number of aromatic nitrogens is 3. The first-order chi connectivity index (χ1) is 11.3. The van der Waals surface area contributed by atoms with Crippen molar-refractivity contribution in [2.45, 2.75) is 64.5 Å². The molecule has 1 atom stereocenters. The lowest BCUT2D eigenvalue weighted by Crippen LogP contribution is -2.33. The Morgan fingerprint density at radius 2 is 1.80 bits per heavy atom. The predicted molar refractivity (Wildman–Crippen MR) is 106 cm³/mol.